The molecular weight excluding hydrogens is 263 g/mol. The van der Waals surface area contributed by atoms with E-state index in [1.807, 2.05) is 26.0 Å². The summed E-state index contributed by atoms with van der Waals surface area (Å²) in [6.45, 7) is 4.00. The van der Waals surface area contributed by atoms with E-state index in [0.717, 1.165) is 26.9 Å². The van der Waals surface area contributed by atoms with Crippen molar-refractivity contribution < 1.29 is 4.79 Å². The van der Waals surface area contributed by atoms with E-state index in [0.29, 0.717) is 6.42 Å². The largest absolute Gasteiger partial charge is 0.303 e. The maximum absolute atomic E-state index is 10.4. The standard InChI is InChI=1S/C11H12BrClO/c1-7(3-4-14)10-5-9(12)6-11(13)8(10)2/h4-7H,3H2,1-2H3. The van der Waals surface area contributed by atoms with Gasteiger partial charge in [0.15, 0.2) is 0 Å². The van der Waals surface area contributed by atoms with Crippen molar-refractivity contribution in [1.29, 1.82) is 0 Å². The summed E-state index contributed by atoms with van der Waals surface area (Å²) in [7, 11) is 0. The molecule has 1 nitrogen and oxygen atoms in total. The van der Waals surface area contributed by atoms with Gasteiger partial charge in [0.05, 0.1) is 0 Å². The number of hydrogen-bond donors (Lipinski definition) is 0. The van der Waals surface area contributed by atoms with Gasteiger partial charge in [0.2, 0.25) is 0 Å². The Labute approximate surface area is 97.6 Å². The maximum atomic E-state index is 10.4. The van der Waals surface area contributed by atoms with Gasteiger partial charge in [-0.1, -0.05) is 34.5 Å². The Kier molecular flexibility index (Phi) is 4.14. The third kappa shape index (κ3) is 2.58. The van der Waals surface area contributed by atoms with E-state index in [9.17, 15) is 4.79 Å². The molecule has 1 rings (SSSR count). The Bertz CT molecular complexity index is 349. The Morgan fingerprint density at radius 3 is 2.79 bits per heavy atom. The van der Waals surface area contributed by atoms with E-state index in [-0.39, 0.29) is 5.92 Å². The van der Waals surface area contributed by atoms with Gasteiger partial charge in [0, 0.05) is 15.9 Å². The molecule has 14 heavy (non-hydrogen) atoms. The molecule has 0 saturated heterocycles. The van der Waals surface area contributed by atoms with Crippen LogP contribution in [0, 0.1) is 6.92 Å². The highest BCUT2D eigenvalue weighted by atomic mass is 79.9. The zero-order valence-corrected chi connectivity index (χ0v) is 10.5. The molecule has 0 N–H and O–H groups in total. The summed E-state index contributed by atoms with van der Waals surface area (Å²) in [6.07, 6.45) is 1.48. The fourth-order valence-electron chi connectivity index (χ4n) is 1.45. The summed E-state index contributed by atoms with van der Waals surface area (Å²) < 4.78 is 0.959. The zero-order valence-electron chi connectivity index (χ0n) is 8.18. The first-order valence-electron chi connectivity index (χ1n) is 4.45. The fourth-order valence-corrected chi connectivity index (χ4v) is 2.28. The van der Waals surface area contributed by atoms with Crippen molar-refractivity contribution in [3.05, 3.63) is 32.8 Å². The van der Waals surface area contributed by atoms with Crippen molar-refractivity contribution >= 4 is 33.8 Å². The van der Waals surface area contributed by atoms with E-state index in [1.165, 1.54) is 0 Å². The van der Waals surface area contributed by atoms with Crippen LogP contribution in [0.5, 0.6) is 0 Å². The number of carbonyl (C=O) groups excluding carboxylic acids is 1. The normalized spacial score (nSPS) is 12.6. The molecule has 0 radical (unpaired) electrons. The third-order valence-corrected chi connectivity index (χ3v) is 3.18. The third-order valence-electron chi connectivity index (χ3n) is 2.33. The van der Waals surface area contributed by atoms with E-state index in [2.05, 4.69) is 15.9 Å². The van der Waals surface area contributed by atoms with Crippen LogP contribution < -0.4 is 0 Å². The molecule has 1 unspecified atom stereocenters. The summed E-state index contributed by atoms with van der Waals surface area (Å²) in [5.41, 5.74) is 2.20. The lowest BCUT2D eigenvalue weighted by molar-refractivity contribution is -0.108. The summed E-state index contributed by atoms with van der Waals surface area (Å²) in [6, 6.07) is 3.89. The second-order valence-corrected chi connectivity index (χ2v) is 4.73. The van der Waals surface area contributed by atoms with Crippen LogP contribution in [0.3, 0.4) is 0 Å². The molecule has 76 valence electrons. The first-order chi connectivity index (χ1) is 6.56. The highest BCUT2D eigenvalue weighted by Crippen LogP contribution is 2.30. The number of rotatable bonds is 3. The second kappa shape index (κ2) is 4.94. The molecule has 0 heterocycles. The Balaban J connectivity index is 3.12. The number of halogens is 2. The molecule has 0 amide bonds. The molecule has 0 fully saturated rings. The van der Waals surface area contributed by atoms with Gasteiger partial charge >= 0.3 is 0 Å². The van der Waals surface area contributed by atoms with Gasteiger partial charge in [-0.05, 0) is 36.1 Å². The number of aldehydes is 1. The molecule has 0 spiro atoms. The van der Waals surface area contributed by atoms with Crippen LogP contribution in [-0.4, -0.2) is 6.29 Å². The molecule has 0 aliphatic carbocycles. The number of carbonyl (C=O) groups is 1. The molecule has 0 aliphatic rings. The predicted molar refractivity (Wildman–Crippen MR) is 63.0 cm³/mol. The van der Waals surface area contributed by atoms with Crippen molar-refractivity contribution in [2.24, 2.45) is 0 Å². The summed E-state index contributed by atoms with van der Waals surface area (Å²) in [5.74, 6) is 0.225. The van der Waals surface area contributed by atoms with Gasteiger partial charge in [0.1, 0.15) is 6.29 Å². The van der Waals surface area contributed by atoms with Gasteiger partial charge in [-0.15, -0.1) is 0 Å². The molecule has 0 aliphatic heterocycles. The summed E-state index contributed by atoms with van der Waals surface area (Å²) in [5, 5.41) is 0.743. The molecule has 0 saturated carbocycles. The minimum Gasteiger partial charge on any atom is -0.303 e. The first kappa shape index (κ1) is 11.7. The average molecular weight is 276 g/mol. The molecule has 0 bridgehead atoms. The molecular formula is C11H12BrClO. The van der Waals surface area contributed by atoms with Gasteiger partial charge in [-0.25, -0.2) is 0 Å². The van der Waals surface area contributed by atoms with Crippen molar-refractivity contribution in [2.75, 3.05) is 0 Å². The Morgan fingerprint density at radius 2 is 2.21 bits per heavy atom. The zero-order chi connectivity index (χ0) is 10.7. The predicted octanol–water partition coefficient (Wildman–Crippen LogP) is 4.10. The maximum Gasteiger partial charge on any atom is 0.120 e. The van der Waals surface area contributed by atoms with E-state index in [4.69, 9.17) is 11.6 Å². The molecule has 1 aromatic rings. The minimum absolute atomic E-state index is 0.225. The van der Waals surface area contributed by atoms with Gasteiger partial charge in [-0.2, -0.15) is 0 Å². The first-order valence-corrected chi connectivity index (χ1v) is 5.62. The molecule has 0 aromatic heterocycles. The lowest BCUT2D eigenvalue weighted by atomic mass is 9.94. The highest BCUT2D eigenvalue weighted by Gasteiger charge is 2.11. The van der Waals surface area contributed by atoms with Crippen LogP contribution >= 0.6 is 27.5 Å². The van der Waals surface area contributed by atoms with Gasteiger partial charge in [0.25, 0.3) is 0 Å². The SMILES string of the molecule is Cc1c(Cl)cc(Br)cc1C(C)CC=O. The van der Waals surface area contributed by atoms with Gasteiger partial charge in [-0.3, -0.25) is 0 Å². The molecule has 1 atom stereocenters. The highest BCUT2D eigenvalue weighted by molar-refractivity contribution is 9.10. The minimum atomic E-state index is 0.225. The van der Waals surface area contributed by atoms with Crippen molar-refractivity contribution in [3.63, 3.8) is 0 Å². The summed E-state index contributed by atoms with van der Waals surface area (Å²) in [4.78, 5) is 10.4. The second-order valence-electron chi connectivity index (χ2n) is 3.41. The van der Waals surface area contributed by atoms with Crippen LogP contribution in [-0.2, 0) is 4.79 Å². The van der Waals surface area contributed by atoms with Crippen LogP contribution in [0.1, 0.15) is 30.4 Å². The lowest BCUT2D eigenvalue weighted by Gasteiger charge is -2.13. The topological polar surface area (TPSA) is 17.1 Å². The number of hydrogen-bond acceptors (Lipinski definition) is 1. The van der Waals surface area contributed by atoms with Crippen LogP contribution in [0.25, 0.3) is 0 Å². The lowest BCUT2D eigenvalue weighted by Crippen LogP contribution is -1.98. The van der Waals surface area contributed by atoms with Crippen molar-refractivity contribution in [1.82, 2.24) is 0 Å². The monoisotopic (exact) mass is 274 g/mol. The quantitative estimate of drug-likeness (QED) is 0.759. The van der Waals surface area contributed by atoms with Crippen LogP contribution in [0.15, 0.2) is 16.6 Å². The van der Waals surface area contributed by atoms with Crippen molar-refractivity contribution in [2.45, 2.75) is 26.2 Å². The van der Waals surface area contributed by atoms with Crippen molar-refractivity contribution in [3.8, 4) is 0 Å². The Morgan fingerprint density at radius 1 is 1.57 bits per heavy atom. The number of benzene rings is 1. The van der Waals surface area contributed by atoms with E-state index >= 15 is 0 Å². The fraction of sp³-hybridized carbons (Fsp3) is 0.364. The van der Waals surface area contributed by atoms with E-state index in [1.54, 1.807) is 0 Å². The molecule has 3 heteroatoms. The average Bonchev–Trinajstić information content (AvgIpc) is 2.11. The molecule has 1 aromatic carbocycles. The van der Waals surface area contributed by atoms with Crippen LogP contribution in [0.4, 0.5) is 0 Å². The van der Waals surface area contributed by atoms with Crippen LogP contribution in [0.2, 0.25) is 5.02 Å². The van der Waals surface area contributed by atoms with E-state index < -0.39 is 0 Å². The summed E-state index contributed by atoms with van der Waals surface area (Å²) >= 11 is 9.44. The Hall–Kier alpha value is -0.340. The van der Waals surface area contributed by atoms with Gasteiger partial charge < -0.3 is 4.79 Å². The smallest absolute Gasteiger partial charge is 0.120 e.